The Hall–Kier alpha value is -0.580. The van der Waals surface area contributed by atoms with Gasteiger partial charge in [-0.25, -0.2) is 4.98 Å². The van der Waals surface area contributed by atoms with Crippen molar-refractivity contribution in [1.82, 2.24) is 19.8 Å². The fraction of sp³-hybridized carbons (Fsp3) is 0.727. The fourth-order valence-corrected chi connectivity index (χ4v) is 2.73. The molecule has 1 unspecified atom stereocenters. The van der Waals surface area contributed by atoms with Gasteiger partial charge in [0, 0.05) is 13.6 Å². The van der Waals surface area contributed by atoms with Crippen molar-refractivity contribution in [2.45, 2.75) is 18.9 Å². The van der Waals surface area contributed by atoms with Crippen molar-refractivity contribution in [2.75, 3.05) is 26.7 Å². The zero-order valence-corrected chi connectivity index (χ0v) is 10.7. The van der Waals surface area contributed by atoms with Gasteiger partial charge in [0.1, 0.15) is 0 Å². The lowest BCUT2D eigenvalue weighted by Crippen LogP contribution is -2.34. The van der Waals surface area contributed by atoms with Gasteiger partial charge in [0.05, 0.1) is 18.1 Å². The molecule has 1 aromatic heterocycles. The smallest absolute Gasteiger partial charge is 0.151 e. The highest BCUT2D eigenvalue weighted by Crippen LogP contribution is 2.28. The maximum absolute atomic E-state index is 6.17. The summed E-state index contributed by atoms with van der Waals surface area (Å²) in [5.74, 6) is 0. The maximum Gasteiger partial charge on any atom is 0.151 e. The molecule has 90 valence electrons. The number of likely N-dealkylation sites (tertiary alicyclic amines) is 1. The number of halogens is 1. The lowest BCUT2D eigenvalue weighted by Gasteiger charge is -2.27. The van der Waals surface area contributed by atoms with Crippen molar-refractivity contribution in [3.63, 3.8) is 0 Å². The molecule has 1 atom stereocenters. The molecule has 2 heterocycles. The number of hydrogen-bond acceptors (Lipinski definition) is 3. The summed E-state index contributed by atoms with van der Waals surface area (Å²) >= 11 is 6.17. The Balaban J connectivity index is 2.24. The summed E-state index contributed by atoms with van der Waals surface area (Å²) in [6.07, 6.45) is 4.36. The molecule has 2 rings (SSSR count). The van der Waals surface area contributed by atoms with Gasteiger partial charge in [-0.3, -0.25) is 4.90 Å². The molecule has 1 aliphatic rings. The Bertz CT molecular complexity index is 324. The van der Waals surface area contributed by atoms with E-state index in [-0.39, 0.29) is 0 Å². The molecule has 0 bridgehead atoms. The van der Waals surface area contributed by atoms with Crippen molar-refractivity contribution in [3.05, 3.63) is 17.2 Å². The number of hydrogen-bond donors (Lipinski definition) is 1. The lowest BCUT2D eigenvalue weighted by molar-refractivity contribution is 0.234. The largest absolute Gasteiger partial charge is 0.335 e. The molecule has 0 aromatic carbocycles. The van der Waals surface area contributed by atoms with Crippen LogP contribution in [0.25, 0.3) is 0 Å². The van der Waals surface area contributed by atoms with E-state index in [1.807, 2.05) is 18.7 Å². The van der Waals surface area contributed by atoms with Crippen LogP contribution in [0.15, 0.2) is 6.33 Å². The van der Waals surface area contributed by atoms with E-state index in [1.165, 1.54) is 12.8 Å². The van der Waals surface area contributed by atoms with Crippen LogP contribution in [0.1, 0.15) is 24.6 Å². The first kappa shape index (κ1) is 11.9. The predicted octanol–water partition coefficient (Wildman–Crippen LogP) is 1.43. The molecule has 0 radical (unpaired) electrons. The first-order valence-electron chi connectivity index (χ1n) is 5.79. The summed E-state index contributed by atoms with van der Waals surface area (Å²) in [5, 5.41) is 3.88. The third-order valence-corrected chi connectivity index (χ3v) is 3.52. The molecule has 0 aliphatic carbocycles. The number of rotatable bonds is 4. The van der Waals surface area contributed by atoms with Gasteiger partial charge < -0.3 is 9.88 Å². The molecular weight excluding hydrogens is 224 g/mol. The molecule has 0 spiro atoms. The number of nitrogens with one attached hydrogen (secondary N) is 1. The van der Waals surface area contributed by atoms with Crippen LogP contribution in [0.5, 0.6) is 0 Å². The normalized spacial score (nSPS) is 19.2. The van der Waals surface area contributed by atoms with Crippen LogP contribution in [0.4, 0.5) is 0 Å². The minimum atomic E-state index is 0.340. The molecule has 1 N–H and O–H groups in total. The zero-order valence-electron chi connectivity index (χ0n) is 9.91. The van der Waals surface area contributed by atoms with E-state index >= 15 is 0 Å². The van der Waals surface area contributed by atoms with Crippen molar-refractivity contribution in [2.24, 2.45) is 7.05 Å². The standard InChI is InChI=1S/C11H19ClN4/c1-13-7-9(16-5-3-4-6-16)10-11(12)14-8-15(10)2/h8-9,13H,3-7H2,1-2H3. The Morgan fingerprint density at radius 2 is 2.19 bits per heavy atom. The predicted molar refractivity (Wildman–Crippen MR) is 65.7 cm³/mol. The lowest BCUT2D eigenvalue weighted by atomic mass is 10.2. The summed E-state index contributed by atoms with van der Waals surface area (Å²) in [6, 6.07) is 0.340. The van der Waals surface area contributed by atoms with Crippen LogP contribution in [0.2, 0.25) is 5.15 Å². The molecule has 1 aliphatic heterocycles. The van der Waals surface area contributed by atoms with Gasteiger partial charge in [0.2, 0.25) is 0 Å². The van der Waals surface area contributed by atoms with Gasteiger partial charge in [-0.05, 0) is 33.0 Å². The topological polar surface area (TPSA) is 33.1 Å². The zero-order chi connectivity index (χ0) is 11.5. The van der Waals surface area contributed by atoms with Gasteiger partial charge in [-0.1, -0.05) is 11.6 Å². The van der Waals surface area contributed by atoms with Crippen molar-refractivity contribution in [3.8, 4) is 0 Å². The van der Waals surface area contributed by atoms with Crippen molar-refractivity contribution < 1.29 is 0 Å². The van der Waals surface area contributed by atoms with Crippen LogP contribution in [-0.2, 0) is 7.05 Å². The summed E-state index contributed by atoms with van der Waals surface area (Å²) in [5.41, 5.74) is 1.12. The van der Waals surface area contributed by atoms with Gasteiger partial charge in [-0.15, -0.1) is 0 Å². The highest BCUT2D eigenvalue weighted by molar-refractivity contribution is 6.30. The van der Waals surface area contributed by atoms with Gasteiger partial charge in [0.25, 0.3) is 0 Å². The van der Waals surface area contributed by atoms with E-state index in [9.17, 15) is 0 Å². The quantitative estimate of drug-likeness (QED) is 0.867. The molecular formula is C11H19ClN4. The van der Waals surface area contributed by atoms with Crippen LogP contribution in [0, 0.1) is 0 Å². The highest BCUT2D eigenvalue weighted by Gasteiger charge is 2.27. The Kier molecular flexibility index (Phi) is 3.84. The van der Waals surface area contributed by atoms with Gasteiger partial charge in [0.15, 0.2) is 5.15 Å². The summed E-state index contributed by atoms with van der Waals surface area (Å²) in [7, 11) is 3.99. The highest BCUT2D eigenvalue weighted by atomic mass is 35.5. The summed E-state index contributed by atoms with van der Waals surface area (Å²) in [6.45, 7) is 3.24. The number of aromatic nitrogens is 2. The van der Waals surface area contributed by atoms with Crippen LogP contribution < -0.4 is 5.32 Å². The van der Waals surface area contributed by atoms with Crippen LogP contribution in [-0.4, -0.2) is 41.1 Å². The second-order valence-electron chi connectivity index (χ2n) is 4.35. The minimum absolute atomic E-state index is 0.340. The average Bonchev–Trinajstić information content (AvgIpc) is 2.87. The second kappa shape index (κ2) is 5.17. The van der Waals surface area contributed by atoms with E-state index in [1.54, 1.807) is 6.33 Å². The van der Waals surface area contributed by atoms with Crippen molar-refractivity contribution in [1.29, 1.82) is 0 Å². The van der Waals surface area contributed by atoms with E-state index < -0.39 is 0 Å². The van der Waals surface area contributed by atoms with Crippen molar-refractivity contribution >= 4 is 11.6 Å². The van der Waals surface area contributed by atoms with Crippen LogP contribution >= 0.6 is 11.6 Å². The second-order valence-corrected chi connectivity index (χ2v) is 4.71. The molecule has 5 heteroatoms. The summed E-state index contributed by atoms with van der Waals surface area (Å²) < 4.78 is 2.03. The Morgan fingerprint density at radius 1 is 1.50 bits per heavy atom. The van der Waals surface area contributed by atoms with E-state index in [2.05, 4.69) is 15.2 Å². The van der Waals surface area contributed by atoms with Gasteiger partial charge >= 0.3 is 0 Å². The number of imidazole rings is 1. The first-order valence-corrected chi connectivity index (χ1v) is 6.17. The van der Waals surface area contributed by atoms with E-state index in [4.69, 9.17) is 11.6 Å². The molecule has 0 amide bonds. The maximum atomic E-state index is 6.17. The number of aryl methyl sites for hydroxylation is 1. The molecule has 1 fully saturated rings. The third kappa shape index (κ3) is 2.24. The molecule has 1 aromatic rings. The minimum Gasteiger partial charge on any atom is -0.335 e. The monoisotopic (exact) mass is 242 g/mol. The Morgan fingerprint density at radius 3 is 2.69 bits per heavy atom. The molecule has 1 saturated heterocycles. The first-order chi connectivity index (χ1) is 7.74. The number of nitrogens with zero attached hydrogens (tertiary/aromatic N) is 3. The number of likely N-dealkylation sites (N-methyl/N-ethyl adjacent to an activating group) is 1. The Labute approximate surface area is 102 Å². The molecule has 0 saturated carbocycles. The van der Waals surface area contributed by atoms with Gasteiger partial charge in [-0.2, -0.15) is 0 Å². The fourth-order valence-electron chi connectivity index (χ4n) is 2.43. The third-order valence-electron chi connectivity index (χ3n) is 3.23. The molecule has 4 nitrogen and oxygen atoms in total. The van der Waals surface area contributed by atoms with E-state index in [0.717, 1.165) is 25.3 Å². The van der Waals surface area contributed by atoms with E-state index in [0.29, 0.717) is 11.2 Å². The SMILES string of the molecule is CNCC(c1c(Cl)ncn1C)N1CCCC1. The molecule has 16 heavy (non-hydrogen) atoms. The van der Waals surface area contributed by atoms with Crippen LogP contribution in [0.3, 0.4) is 0 Å². The average molecular weight is 243 g/mol. The summed E-state index contributed by atoms with van der Waals surface area (Å²) in [4.78, 5) is 6.65.